The summed E-state index contributed by atoms with van der Waals surface area (Å²) >= 11 is 0. The van der Waals surface area contributed by atoms with Gasteiger partial charge in [-0.2, -0.15) is 0 Å². The van der Waals surface area contributed by atoms with E-state index in [1.165, 1.54) is 12.1 Å². The number of imidazole rings is 1. The van der Waals surface area contributed by atoms with E-state index in [2.05, 4.69) is 30.9 Å². The number of nitrogens with zero attached hydrogens (tertiary/aromatic N) is 6. The quantitative estimate of drug-likeness (QED) is 0.263. The van der Waals surface area contributed by atoms with Crippen molar-refractivity contribution >= 4 is 39.0 Å². The number of anilines is 1. The normalized spacial score (nSPS) is 11.7. The molecule has 0 unspecified atom stereocenters. The SMILES string of the molecule is CN(C)CCCN(C)c1ccc2nc3c4ccccc4c(=O)n(-c4ccc([N+](=O)[O-])cc4)c3n2c1. The van der Waals surface area contributed by atoms with Crippen LogP contribution >= 0.6 is 0 Å². The van der Waals surface area contributed by atoms with E-state index in [1.54, 1.807) is 22.8 Å². The Bertz CT molecular complexity index is 1620. The number of non-ortho nitro benzene ring substituents is 1. The van der Waals surface area contributed by atoms with Crippen LogP contribution in [0.15, 0.2) is 71.7 Å². The molecule has 3 heterocycles. The van der Waals surface area contributed by atoms with E-state index in [9.17, 15) is 14.9 Å². The van der Waals surface area contributed by atoms with Gasteiger partial charge in [0.2, 0.25) is 0 Å². The van der Waals surface area contributed by atoms with Gasteiger partial charge < -0.3 is 9.80 Å². The first-order valence-corrected chi connectivity index (χ1v) is 11.4. The highest BCUT2D eigenvalue weighted by molar-refractivity contribution is 6.04. The maximum absolute atomic E-state index is 13.7. The van der Waals surface area contributed by atoms with Crippen LogP contribution in [0.5, 0.6) is 0 Å². The lowest BCUT2D eigenvalue weighted by Gasteiger charge is -2.20. The molecule has 0 bridgehead atoms. The molecule has 178 valence electrons. The standard InChI is InChI=1S/C26H26N6O3/c1-28(2)15-6-16-29(3)20-13-14-23-27-24-21-7-4-5-8-22(21)26(33)31(25(24)30(23)17-20)18-9-11-19(12-10-18)32(34)35/h4-5,7-14,17H,6,15-16H2,1-3H3. The number of hydrogen-bond acceptors (Lipinski definition) is 6. The van der Waals surface area contributed by atoms with Crippen molar-refractivity contribution in [2.45, 2.75) is 6.42 Å². The zero-order valence-corrected chi connectivity index (χ0v) is 19.9. The minimum absolute atomic E-state index is 0.0291. The first-order chi connectivity index (χ1) is 16.8. The fourth-order valence-corrected chi connectivity index (χ4v) is 4.45. The van der Waals surface area contributed by atoms with Gasteiger partial charge in [-0.1, -0.05) is 18.2 Å². The number of nitro groups is 1. The number of rotatable bonds is 7. The molecule has 0 fully saturated rings. The number of pyridine rings is 2. The lowest BCUT2D eigenvalue weighted by molar-refractivity contribution is -0.384. The third-order valence-corrected chi connectivity index (χ3v) is 6.26. The molecule has 9 heteroatoms. The summed E-state index contributed by atoms with van der Waals surface area (Å²) in [4.78, 5) is 33.6. The van der Waals surface area contributed by atoms with Crippen LogP contribution in [0.2, 0.25) is 0 Å². The summed E-state index contributed by atoms with van der Waals surface area (Å²) < 4.78 is 3.53. The van der Waals surface area contributed by atoms with Gasteiger partial charge in [-0.3, -0.25) is 23.9 Å². The van der Waals surface area contributed by atoms with E-state index in [0.717, 1.165) is 36.2 Å². The molecule has 3 aromatic heterocycles. The van der Waals surface area contributed by atoms with Gasteiger partial charge in [0.1, 0.15) is 11.2 Å². The second-order valence-electron chi connectivity index (χ2n) is 8.94. The van der Waals surface area contributed by atoms with E-state index in [0.29, 0.717) is 22.2 Å². The monoisotopic (exact) mass is 470 g/mol. The van der Waals surface area contributed by atoms with E-state index < -0.39 is 4.92 Å². The van der Waals surface area contributed by atoms with Gasteiger partial charge in [0.05, 0.1) is 16.3 Å². The summed E-state index contributed by atoms with van der Waals surface area (Å²) in [5.74, 6) is 0. The van der Waals surface area contributed by atoms with Crippen LogP contribution in [0.25, 0.3) is 33.3 Å². The fourth-order valence-electron chi connectivity index (χ4n) is 4.45. The van der Waals surface area contributed by atoms with Crippen molar-refractivity contribution in [1.82, 2.24) is 18.9 Å². The van der Waals surface area contributed by atoms with Crippen LogP contribution in [0.3, 0.4) is 0 Å². The lowest BCUT2D eigenvalue weighted by Crippen LogP contribution is -2.23. The van der Waals surface area contributed by atoms with E-state index in [4.69, 9.17) is 4.98 Å². The molecule has 0 aliphatic rings. The summed E-state index contributed by atoms with van der Waals surface area (Å²) in [6.45, 7) is 1.88. The molecule has 0 spiro atoms. The van der Waals surface area contributed by atoms with Crippen molar-refractivity contribution in [3.63, 3.8) is 0 Å². The van der Waals surface area contributed by atoms with Crippen LogP contribution in [0.4, 0.5) is 11.4 Å². The molecule has 5 aromatic rings. The topological polar surface area (TPSA) is 88.9 Å². The summed E-state index contributed by atoms with van der Waals surface area (Å²) in [7, 11) is 6.17. The number of benzene rings is 2. The smallest absolute Gasteiger partial charge is 0.269 e. The zero-order chi connectivity index (χ0) is 24.7. The number of nitro benzene ring substituents is 1. The molecule has 0 atom stereocenters. The molecule has 0 aliphatic heterocycles. The van der Waals surface area contributed by atoms with Crippen LogP contribution in [0, 0.1) is 10.1 Å². The Hall–Kier alpha value is -4.24. The summed E-state index contributed by atoms with van der Waals surface area (Å²) in [5, 5.41) is 12.5. The van der Waals surface area contributed by atoms with Crippen LogP contribution in [0.1, 0.15) is 6.42 Å². The molecule has 0 saturated carbocycles. The van der Waals surface area contributed by atoms with Crippen molar-refractivity contribution in [3.05, 3.63) is 87.3 Å². The second kappa shape index (κ2) is 8.84. The summed E-state index contributed by atoms with van der Waals surface area (Å²) in [6.07, 6.45) is 3.01. The number of hydrogen-bond donors (Lipinski definition) is 0. The maximum atomic E-state index is 13.7. The van der Waals surface area contributed by atoms with Crippen molar-refractivity contribution in [2.24, 2.45) is 0 Å². The molecule has 0 saturated heterocycles. The Labute approximate surface area is 201 Å². The largest absolute Gasteiger partial charge is 0.373 e. The first-order valence-electron chi connectivity index (χ1n) is 11.4. The van der Waals surface area contributed by atoms with Crippen molar-refractivity contribution in [1.29, 1.82) is 0 Å². The number of aromatic nitrogens is 3. The van der Waals surface area contributed by atoms with E-state index >= 15 is 0 Å². The maximum Gasteiger partial charge on any atom is 0.269 e. The molecule has 35 heavy (non-hydrogen) atoms. The predicted molar refractivity (Wildman–Crippen MR) is 139 cm³/mol. The van der Waals surface area contributed by atoms with Gasteiger partial charge in [-0.05, 0) is 57.4 Å². The summed E-state index contributed by atoms with van der Waals surface area (Å²) in [5.41, 5.74) is 3.37. The molecular formula is C26H26N6O3. The van der Waals surface area contributed by atoms with Gasteiger partial charge in [0, 0.05) is 42.7 Å². The molecule has 5 rings (SSSR count). The predicted octanol–water partition coefficient (Wildman–Crippen LogP) is 4.09. The minimum atomic E-state index is -0.449. The van der Waals surface area contributed by atoms with Crippen LogP contribution < -0.4 is 10.5 Å². The zero-order valence-electron chi connectivity index (χ0n) is 19.9. The van der Waals surface area contributed by atoms with Gasteiger partial charge in [0.25, 0.3) is 11.2 Å². The molecule has 0 amide bonds. The minimum Gasteiger partial charge on any atom is -0.373 e. The van der Waals surface area contributed by atoms with Gasteiger partial charge in [0.15, 0.2) is 5.65 Å². The highest BCUT2D eigenvalue weighted by Gasteiger charge is 2.19. The van der Waals surface area contributed by atoms with Gasteiger partial charge >= 0.3 is 0 Å². The van der Waals surface area contributed by atoms with Crippen LogP contribution in [-0.2, 0) is 0 Å². The molecular weight excluding hydrogens is 444 g/mol. The number of fused-ring (bicyclic) bond motifs is 5. The molecule has 0 N–H and O–H groups in total. The Morgan fingerprint density at radius 1 is 0.943 bits per heavy atom. The average molecular weight is 471 g/mol. The molecule has 0 radical (unpaired) electrons. The molecule has 2 aromatic carbocycles. The highest BCUT2D eigenvalue weighted by atomic mass is 16.6. The van der Waals surface area contributed by atoms with Crippen molar-refractivity contribution in [2.75, 3.05) is 39.1 Å². The van der Waals surface area contributed by atoms with Crippen molar-refractivity contribution < 1.29 is 4.92 Å². The fraction of sp³-hybridized carbons (Fsp3) is 0.231. The lowest BCUT2D eigenvalue weighted by atomic mass is 10.1. The van der Waals surface area contributed by atoms with E-state index in [-0.39, 0.29) is 11.2 Å². The average Bonchev–Trinajstić information content (AvgIpc) is 3.23. The Morgan fingerprint density at radius 2 is 1.66 bits per heavy atom. The molecule has 0 aliphatic carbocycles. The molecule has 9 nitrogen and oxygen atoms in total. The van der Waals surface area contributed by atoms with Gasteiger partial charge in [-0.15, -0.1) is 0 Å². The third-order valence-electron chi connectivity index (χ3n) is 6.26. The van der Waals surface area contributed by atoms with Crippen molar-refractivity contribution in [3.8, 4) is 5.69 Å². The Morgan fingerprint density at radius 3 is 2.34 bits per heavy atom. The van der Waals surface area contributed by atoms with Gasteiger partial charge in [-0.25, -0.2) is 4.98 Å². The highest BCUT2D eigenvalue weighted by Crippen LogP contribution is 2.28. The summed E-state index contributed by atoms with van der Waals surface area (Å²) in [6, 6.07) is 17.4. The second-order valence-corrected chi connectivity index (χ2v) is 8.94. The first kappa shape index (κ1) is 22.5. The van der Waals surface area contributed by atoms with E-state index in [1.807, 2.05) is 40.9 Å². The van der Waals surface area contributed by atoms with Crippen LogP contribution in [-0.4, -0.2) is 58.0 Å². The Kier molecular flexibility index (Phi) is 5.70. The Balaban J connectivity index is 1.75. The third kappa shape index (κ3) is 4.00.